The maximum Gasteiger partial charge on any atom is 0.240 e. The molecule has 1 amide bonds. The maximum atomic E-state index is 12.8. The number of likely N-dealkylation sites (N-methyl/N-ethyl adjacent to an activating group) is 1. The van der Waals surface area contributed by atoms with Crippen LogP contribution in [0, 0.1) is 0 Å². The molecule has 6 nitrogen and oxygen atoms in total. The molecule has 2 aliphatic heterocycles. The van der Waals surface area contributed by atoms with Crippen LogP contribution in [0.3, 0.4) is 0 Å². The van der Waals surface area contributed by atoms with Crippen molar-refractivity contribution in [1.29, 1.82) is 0 Å². The zero-order valence-corrected chi connectivity index (χ0v) is 15.9. The predicted molar refractivity (Wildman–Crippen MR) is 97.0 cm³/mol. The Balaban J connectivity index is 1.74. The van der Waals surface area contributed by atoms with Gasteiger partial charge in [0.25, 0.3) is 0 Å². The standard InChI is InChI=1S/C19H29N3O3/c1-13-19(23)22-12-15(20(2)3)9-16(22)11-21(13)10-14-6-7-17(24-4)18(8-14)25-5/h6-8,13,15-16H,9-12H2,1-5H3/t13-,15-,16-/m0/s1. The first kappa shape index (κ1) is 18.0. The molecule has 1 aromatic rings. The van der Waals surface area contributed by atoms with E-state index in [1.807, 2.05) is 25.1 Å². The maximum absolute atomic E-state index is 12.8. The molecule has 2 aliphatic rings. The largest absolute Gasteiger partial charge is 0.493 e. The van der Waals surface area contributed by atoms with Crippen molar-refractivity contribution in [2.45, 2.75) is 38.0 Å². The lowest BCUT2D eigenvalue weighted by Gasteiger charge is -2.41. The molecule has 0 aromatic heterocycles. The van der Waals surface area contributed by atoms with Crippen molar-refractivity contribution < 1.29 is 14.3 Å². The Morgan fingerprint density at radius 2 is 1.88 bits per heavy atom. The molecule has 1 aromatic carbocycles. The quantitative estimate of drug-likeness (QED) is 0.806. The van der Waals surface area contributed by atoms with Gasteiger partial charge >= 0.3 is 0 Å². The van der Waals surface area contributed by atoms with E-state index in [9.17, 15) is 4.79 Å². The molecule has 6 heteroatoms. The average molecular weight is 347 g/mol. The van der Waals surface area contributed by atoms with E-state index in [4.69, 9.17) is 9.47 Å². The molecular weight excluding hydrogens is 318 g/mol. The van der Waals surface area contributed by atoms with Gasteiger partial charge in [0.15, 0.2) is 11.5 Å². The summed E-state index contributed by atoms with van der Waals surface area (Å²) < 4.78 is 10.7. The van der Waals surface area contributed by atoms with Gasteiger partial charge in [0, 0.05) is 31.7 Å². The number of fused-ring (bicyclic) bond motifs is 1. The fourth-order valence-corrected chi connectivity index (χ4v) is 3.95. The Kier molecular flexibility index (Phi) is 5.20. The molecular formula is C19H29N3O3. The molecule has 0 aliphatic carbocycles. The van der Waals surface area contributed by atoms with E-state index in [1.54, 1.807) is 14.2 Å². The van der Waals surface area contributed by atoms with Gasteiger partial charge in [-0.15, -0.1) is 0 Å². The van der Waals surface area contributed by atoms with Gasteiger partial charge in [-0.05, 0) is 45.1 Å². The van der Waals surface area contributed by atoms with Crippen LogP contribution in [0.1, 0.15) is 18.9 Å². The molecule has 138 valence electrons. The lowest BCUT2D eigenvalue weighted by molar-refractivity contribution is -0.143. The van der Waals surface area contributed by atoms with E-state index in [0.29, 0.717) is 12.1 Å². The third-order valence-electron chi connectivity index (χ3n) is 5.59. The number of amides is 1. The highest BCUT2D eigenvalue weighted by molar-refractivity contribution is 5.83. The third-order valence-corrected chi connectivity index (χ3v) is 5.59. The van der Waals surface area contributed by atoms with Gasteiger partial charge in [0.1, 0.15) is 0 Å². The van der Waals surface area contributed by atoms with Crippen molar-refractivity contribution in [3.05, 3.63) is 23.8 Å². The number of methoxy groups -OCH3 is 2. The lowest BCUT2D eigenvalue weighted by atomic mass is 10.0. The number of piperazine rings is 1. The number of nitrogens with zero attached hydrogens (tertiary/aromatic N) is 3. The van der Waals surface area contributed by atoms with E-state index < -0.39 is 0 Å². The summed E-state index contributed by atoms with van der Waals surface area (Å²) in [7, 11) is 7.47. The van der Waals surface area contributed by atoms with Crippen LogP contribution in [-0.2, 0) is 11.3 Å². The molecule has 0 spiro atoms. The van der Waals surface area contributed by atoms with E-state index in [-0.39, 0.29) is 11.9 Å². The molecule has 0 saturated carbocycles. The predicted octanol–water partition coefficient (Wildman–Crippen LogP) is 1.44. The second kappa shape index (κ2) is 7.22. The smallest absolute Gasteiger partial charge is 0.240 e. The second-order valence-corrected chi connectivity index (χ2v) is 7.29. The van der Waals surface area contributed by atoms with Gasteiger partial charge < -0.3 is 19.3 Å². The van der Waals surface area contributed by atoms with Crippen LogP contribution in [-0.4, -0.2) is 80.1 Å². The first-order chi connectivity index (χ1) is 11.9. The van der Waals surface area contributed by atoms with Gasteiger partial charge in [0.2, 0.25) is 5.91 Å². The first-order valence-electron chi connectivity index (χ1n) is 8.86. The van der Waals surface area contributed by atoms with Gasteiger partial charge in [-0.2, -0.15) is 0 Å². The molecule has 0 unspecified atom stereocenters. The first-order valence-corrected chi connectivity index (χ1v) is 8.86. The number of carbonyl (C=O) groups is 1. The molecule has 0 N–H and O–H groups in total. The number of carbonyl (C=O) groups excluding carboxylic acids is 1. The lowest BCUT2D eigenvalue weighted by Crippen LogP contribution is -2.58. The zero-order valence-electron chi connectivity index (χ0n) is 15.9. The van der Waals surface area contributed by atoms with E-state index >= 15 is 0 Å². The van der Waals surface area contributed by atoms with Gasteiger partial charge in [-0.1, -0.05) is 6.07 Å². The van der Waals surface area contributed by atoms with Gasteiger partial charge in [-0.25, -0.2) is 0 Å². The summed E-state index contributed by atoms with van der Waals surface area (Å²) >= 11 is 0. The van der Waals surface area contributed by atoms with Crippen molar-refractivity contribution >= 4 is 5.91 Å². The van der Waals surface area contributed by atoms with Crippen LogP contribution in [0.4, 0.5) is 0 Å². The van der Waals surface area contributed by atoms with Crippen LogP contribution in [0.2, 0.25) is 0 Å². The Labute approximate surface area is 150 Å². The highest BCUT2D eigenvalue weighted by Crippen LogP contribution is 2.31. The summed E-state index contributed by atoms with van der Waals surface area (Å²) in [6.45, 7) is 4.53. The molecule has 25 heavy (non-hydrogen) atoms. The second-order valence-electron chi connectivity index (χ2n) is 7.29. The van der Waals surface area contributed by atoms with Crippen LogP contribution in [0.15, 0.2) is 18.2 Å². The molecule has 2 fully saturated rings. The van der Waals surface area contributed by atoms with Crippen LogP contribution >= 0.6 is 0 Å². The van der Waals surface area contributed by atoms with Crippen LogP contribution in [0.5, 0.6) is 11.5 Å². The van der Waals surface area contributed by atoms with E-state index in [1.165, 1.54) is 0 Å². The van der Waals surface area contributed by atoms with Crippen LogP contribution in [0.25, 0.3) is 0 Å². The van der Waals surface area contributed by atoms with Crippen molar-refractivity contribution in [2.75, 3.05) is 41.4 Å². The number of benzene rings is 1. The minimum atomic E-state index is -0.0924. The highest BCUT2D eigenvalue weighted by Gasteiger charge is 2.44. The molecule has 0 radical (unpaired) electrons. The fourth-order valence-electron chi connectivity index (χ4n) is 3.95. The van der Waals surface area contributed by atoms with Crippen LogP contribution < -0.4 is 9.47 Å². The molecule has 2 saturated heterocycles. The fraction of sp³-hybridized carbons (Fsp3) is 0.632. The average Bonchev–Trinajstić information content (AvgIpc) is 3.03. The van der Waals surface area contributed by atoms with Crippen molar-refractivity contribution in [3.63, 3.8) is 0 Å². The van der Waals surface area contributed by atoms with E-state index in [2.05, 4.69) is 28.8 Å². The number of rotatable bonds is 5. The van der Waals surface area contributed by atoms with Gasteiger partial charge in [0.05, 0.1) is 20.3 Å². The zero-order chi connectivity index (χ0) is 18.1. The number of hydrogen-bond acceptors (Lipinski definition) is 5. The number of hydrogen-bond donors (Lipinski definition) is 0. The topological polar surface area (TPSA) is 45.2 Å². The summed E-state index contributed by atoms with van der Waals surface area (Å²) in [5.41, 5.74) is 1.13. The molecule has 2 heterocycles. The highest BCUT2D eigenvalue weighted by atomic mass is 16.5. The Morgan fingerprint density at radius 3 is 2.52 bits per heavy atom. The molecule has 3 rings (SSSR count). The summed E-state index contributed by atoms with van der Waals surface area (Å²) in [5, 5.41) is 0. The van der Waals surface area contributed by atoms with Crippen molar-refractivity contribution in [1.82, 2.24) is 14.7 Å². The minimum absolute atomic E-state index is 0.0924. The van der Waals surface area contributed by atoms with E-state index in [0.717, 1.165) is 43.1 Å². The Hall–Kier alpha value is -1.79. The monoisotopic (exact) mass is 347 g/mol. The molecule has 3 atom stereocenters. The Bertz CT molecular complexity index is 634. The SMILES string of the molecule is COc1ccc(CN2C[C@@H]3C[C@H](N(C)C)CN3C(=O)[C@@H]2C)cc1OC. The normalized spacial score (nSPS) is 26.9. The minimum Gasteiger partial charge on any atom is -0.493 e. The van der Waals surface area contributed by atoms with Crippen molar-refractivity contribution in [2.24, 2.45) is 0 Å². The Morgan fingerprint density at radius 1 is 1.16 bits per heavy atom. The third kappa shape index (κ3) is 3.46. The summed E-state index contributed by atoms with van der Waals surface area (Å²) in [5.74, 6) is 1.71. The summed E-state index contributed by atoms with van der Waals surface area (Å²) in [6, 6.07) is 6.65. The summed E-state index contributed by atoms with van der Waals surface area (Å²) in [6.07, 6.45) is 1.05. The number of ether oxygens (including phenoxy) is 2. The van der Waals surface area contributed by atoms with Gasteiger partial charge in [-0.3, -0.25) is 9.69 Å². The molecule has 0 bridgehead atoms. The summed E-state index contributed by atoms with van der Waals surface area (Å²) in [4.78, 5) is 19.4. The van der Waals surface area contributed by atoms with Crippen molar-refractivity contribution in [3.8, 4) is 11.5 Å².